The average molecular weight is 1070 g/mol. The third kappa shape index (κ3) is 12.9. The fourth-order valence-corrected chi connectivity index (χ4v) is 8.59. The molecular formula is C57H48N10O12. The van der Waals surface area contributed by atoms with Gasteiger partial charge < -0.3 is 41.0 Å². The van der Waals surface area contributed by atoms with E-state index in [0.717, 1.165) is 11.1 Å². The van der Waals surface area contributed by atoms with E-state index in [4.69, 9.17) is 9.47 Å². The first kappa shape index (κ1) is 54.6. The second-order valence-corrected chi connectivity index (χ2v) is 17.8. The van der Waals surface area contributed by atoms with Crippen molar-refractivity contribution < 1.29 is 58.0 Å². The first-order valence-electron chi connectivity index (χ1n) is 24.4. The van der Waals surface area contributed by atoms with Crippen LogP contribution < -0.4 is 36.1 Å². The zero-order valence-corrected chi connectivity index (χ0v) is 42.6. The average Bonchev–Trinajstić information content (AvgIpc) is 4.25. The smallest absolute Gasteiger partial charge is 0.279 e. The van der Waals surface area contributed by atoms with Crippen LogP contribution in [0.15, 0.2) is 164 Å². The summed E-state index contributed by atoms with van der Waals surface area (Å²) in [5, 5.41) is 59.1. The highest BCUT2D eigenvalue weighted by atomic mass is 16.5. The van der Waals surface area contributed by atoms with Crippen LogP contribution in [0.5, 0.6) is 11.5 Å². The fraction of sp³-hybridized carbons (Fsp3) is 0.175. The van der Waals surface area contributed by atoms with Crippen LogP contribution in [0.25, 0.3) is 11.1 Å². The maximum atomic E-state index is 13.0. The first-order chi connectivity index (χ1) is 38.0. The number of carbonyl (C=O) groups is 8. The summed E-state index contributed by atoms with van der Waals surface area (Å²) in [5.41, 5.74) is 5.86. The fourth-order valence-electron chi connectivity index (χ4n) is 8.59. The summed E-state index contributed by atoms with van der Waals surface area (Å²) >= 11 is 0. The lowest BCUT2D eigenvalue weighted by atomic mass is 9.93. The number of imide groups is 1. The Balaban J connectivity index is 0.000000273. The van der Waals surface area contributed by atoms with Crippen LogP contribution >= 0.6 is 0 Å². The van der Waals surface area contributed by atoms with Crippen molar-refractivity contribution in [2.45, 2.75) is 52.9 Å². The van der Waals surface area contributed by atoms with E-state index in [1.165, 1.54) is 13.8 Å². The molecule has 1 fully saturated rings. The number of carbonyl (C=O) groups excluding carboxylic acids is 8. The third-order valence-corrected chi connectivity index (χ3v) is 12.3. The van der Waals surface area contributed by atoms with Crippen molar-refractivity contribution in [2.24, 2.45) is 20.5 Å². The molecule has 0 unspecified atom stereocenters. The summed E-state index contributed by atoms with van der Waals surface area (Å²) in [7, 11) is 0. The number of rotatable bonds is 15. The van der Waals surface area contributed by atoms with E-state index < -0.39 is 29.4 Å². The van der Waals surface area contributed by atoms with Gasteiger partial charge in [0.1, 0.15) is 53.7 Å². The molecule has 5 aromatic carbocycles. The number of nitriles is 1. The SMILES string of the molecule is CC(O)=C(N=Nc1ccccc1OCCOc1ccccc1N=NC(C(=O)Nc1ccc2c(c1)CC(=O)N2)=C(C)O)C(=O)Nc1ccc2c(c1)CC(=O)N2.CCC(=O)/C(C#N)=C1/C/C(=C2\C(=O)CC(=O)NC2=O)c2ccccc21. The number of hydrogen-bond acceptors (Lipinski definition) is 17. The molecule has 22 nitrogen and oxygen atoms in total. The van der Waals surface area contributed by atoms with E-state index in [-0.39, 0.29) is 108 Å². The van der Waals surface area contributed by atoms with Gasteiger partial charge in [-0.3, -0.25) is 43.7 Å². The van der Waals surface area contributed by atoms with Crippen molar-refractivity contribution in [3.05, 3.63) is 166 Å². The third-order valence-electron chi connectivity index (χ3n) is 12.3. The predicted octanol–water partition coefficient (Wildman–Crippen LogP) is 8.87. The zero-order chi connectivity index (χ0) is 56.3. The summed E-state index contributed by atoms with van der Waals surface area (Å²) in [5.74, 6) is -3.91. The molecule has 0 atom stereocenters. The number of amides is 6. The predicted molar refractivity (Wildman–Crippen MR) is 287 cm³/mol. The van der Waals surface area contributed by atoms with Crippen LogP contribution in [0, 0.1) is 11.3 Å². The van der Waals surface area contributed by atoms with Crippen molar-refractivity contribution >= 4 is 92.3 Å². The number of Topliss-reactive ketones (excluding diaryl/α,β-unsaturated/α-hetero) is 2. The van der Waals surface area contributed by atoms with Crippen molar-refractivity contribution in [1.29, 1.82) is 5.26 Å². The highest BCUT2D eigenvalue weighted by molar-refractivity contribution is 6.35. The van der Waals surface area contributed by atoms with E-state index in [1.54, 1.807) is 116 Å². The molecule has 22 heteroatoms. The minimum absolute atomic E-state index is 0.0466. The van der Waals surface area contributed by atoms with Gasteiger partial charge in [-0.2, -0.15) is 5.26 Å². The van der Waals surface area contributed by atoms with Gasteiger partial charge in [0.2, 0.25) is 17.7 Å². The molecule has 0 radical (unpaired) electrons. The molecule has 0 saturated carbocycles. The van der Waals surface area contributed by atoms with E-state index in [2.05, 4.69) is 47.0 Å². The highest BCUT2D eigenvalue weighted by Crippen LogP contribution is 2.44. The molecule has 7 N–H and O–H groups in total. The van der Waals surface area contributed by atoms with E-state index in [0.29, 0.717) is 56.5 Å². The van der Waals surface area contributed by atoms with Gasteiger partial charge in [-0.05, 0) is 108 Å². The van der Waals surface area contributed by atoms with Gasteiger partial charge in [0, 0.05) is 35.6 Å². The Morgan fingerprint density at radius 1 is 0.620 bits per heavy atom. The molecule has 6 amide bonds. The van der Waals surface area contributed by atoms with E-state index in [9.17, 15) is 53.8 Å². The molecule has 1 aliphatic carbocycles. The number of azo groups is 2. The Morgan fingerprint density at radius 2 is 1.09 bits per heavy atom. The molecule has 398 valence electrons. The number of ketones is 2. The summed E-state index contributed by atoms with van der Waals surface area (Å²) in [6, 6.07) is 32.4. The number of allylic oxidation sites excluding steroid dienone is 5. The molecule has 4 aliphatic rings. The van der Waals surface area contributed by atoms with Crippen LogP contribution in [0.1, 0.15) is 62.3 Å². The number of ether oxygens (including phenoxy) is 2. The maximum Gasteiger partial charge on any atom is 0.279 e. The van der Waals surface area contributed by atoms with Crippen LogP contribution in [0.3, 0.4) is 0 Å². The van der Waals surface area contributed by atoms with Crippen molar-refractivity contribution in [3.63, 3.8) is 0 Å². The van der Waals surface area contributed by atoms with Gasteiger partial charge in [-0.15, -0.1) is 20.5 Å². The number of aliphatic hydroxyl groups excluding tert-OH is 2. The standard InChI is InChI=1S/C38H34N8O8.C19H14N2O4/c1-21(47)35(37(51)39-25-11-13-27-23(17-25)19-33(49)41-27)45-43-29-7-3-5-9-31(29)53-15-16-54-32-10-6-4-8-30(32)44-46-36(22(2)48)38(52)40-26-12-14-28-24(18-26)20-34(50)42-28;1-2-15(22)14(9-20)12-7-13(11-6-4-3-5-10(11)12)18-16(23)8-17(24)21-19(18)25/h3-14,17-18,47-48H,15-16,19-20H2,1-2H3,(H,39,51)(H,40,52)(H,41,49)(H,42,50);3-6H,2,7-8H2,1H3,(H,21,24,25)/b;14-12-,18-13-. The Bertz CT molecular complexity index is 3470. The quantitative estimate of drug-likeness (QED) is 0.00754. The van der Waals surface area contributed by atoms with Crippen molar-refractivity contribution in [2.75, 3.05) is 34.5 Å². The molecule has 3 aliphatic heterocycles. The Kier molecular flexibility index (Phi) is 16.8. The monoisotopic (exact) mass is 1060 g/mol. The summed E-state index contributed by atoms with van der Waals surface area (Å²) in [4.78, 5) is 97.3. The molecule has 3 heterocycles. The summed E-state index contributed by atoms with van der Waals surface area (Å²) < 4.78 is 11.8. The van der Waals surface area contributed by atoms with Crippen LogP contribution in [-0.4, -0.2) is 70.4 Å². The number of anilines is 4. The Morgan fingerprint density at radius 3 is 1.56 bits per heavy atom. The van der Waals surface area contributed by atoms with Gasteiger partial charge in [0.25, 0.3) is 17.7 Å². The molecule has 5 aromatic rings. The lowest BCUT2D eigenvalue weighted by Gasteiger charge is -2.15. The Labute approximate surface area is 450 Å². The number of hydrogen-bond donors (Lipinski definition) is 7. The van der Waals surface area contributed by atoms with Crippen molar-refractivity contribution in [3.8, 4) is 17.6 Å². The second kappa shape index (κ2) is 24.3. The molecule has 0 bridgehead atoms. The summed E-state index contributed by atoms with van der Waals surface area (Å²) in [6.07, 6.45) is 0.339. The largest absolute Gasteiger partial charge is 0.510 e. The zero-order valence-electron chi connectivity index (χ0n) is 42.6. The molecular weight excluding hydrogens is 1020 g/mol. The minimum atomic E-state index is -0.729. The van der Waals surface area contributed by atoms with Gasteiger partial charge in [0.05, 0.1) is 30.4 Å². The lowest BCUT2D eigenvalue weighted by Crippen LogP contribution is -2.41. The Hall–Kier alpha value is -10.7. The highest BCUT2D eigenvalue weighted by Gasteiger charge is 2.36. The lowest BCUT2D eigenvalue weighted by molar-refractivity contribution is -0.135. The number of nitrogens with one attached hydrogen (secondary N) is 5. The van der Waals surface area contributed by atoms with Gasteiger partial charge in [-0.1, -0.05) is 55.5 Å². The number of benzene rings is 5. The molecule has 0 aromatic heterocycles. The summed E-state index contributed by atoms with van der Waals surface area (Å²) in [6.45, 7) is 4.41. The first-order valence-corrected chi connectivity index (χ1v) is 24.4. The van der Waals surface area contributed by atoms with Gasteiger partial charge in [-0.25, -0.2) is 0 Å². The number of aliphatic hydroxyl groups is 2. The number of piperidine rings is 1. The van der Waals surface area contributed by atoms with Gasteiger partial charge in [0.15, 0.2) is 23.0 Å². The van der Waals surface area contributed by atoms with Crippen LogP contribution in [0.2, 0.25) is 0 Å². The van der Waals surface area contributed by atoms with Crippen LogP contribution in [-0.2, 0) is 51.2 Å². The number of fused-ring (bicyclic) bond motifs is 3. The topological polar surface area (TPSA) is 329 Å². The van der Waals surface area contributed by atoms with E-state index >= 15 is 0 Å². The van der Waals surface area contributed by atoms with Gasteiger partial charge >= 0.3 is 0 Å². The van der Waals surface area contributed by atoms with Crippen molar-refractivity contribution in [1.82, 2.24) is 5.32 Å². The number of para-hydroxylation sites is 2. The molecule has 79 heavy (non-hydrogen) atoms. The molecule has 1 saturated heterocycles. The maximum absolute atomic E-state index is 13.0. The normalized spacial score (nSPS) is 16.5. The molecule has 9 rings (SSSR count). The minimum Gasteiger partial charge on any atom is -0.510 e. The number of nitrogens with zero attached hydrogens (tertiary/aromatic N) is 5. The second-order valence-electron chi connectivity index (χ2n) is 17.8. The molecule has 0 spiro atoms. The van der Waals surface area contributed by atoms with Crippen LogP contribution in [0.4, 0.5) is 34.1 Å². The van der Waals surface area contributed by atoms with E-state index in [1.807, 2.05) is 6.07 Å².